The van der Waals surface area contributed by atoms with Gasteiger partial charge in [0.15, 0.2) is 11.5 Å². The van der Waals surface area contributed by atoms with Crippen molar-refractivity contribution in [2.75, 3.05) is 6.79 Å². The second-order valence-electron chi connectivity index (χ2n) is 6.10. The number of hydrogen-bond acceptors (Lipinski definition) is 3. The summed E-state index contributed by atoms with van der Waals surface area (Å²) in [5, 5.41) is 2.91. The molecule has 3 aromatic rings. The highest BCUT2D eigenvalue weighted by Gasteiger charge is 2.16. The zero-order chi connectivity index (χ0) is 18.1. The summed E-state index contributed by atoms with van der Waals surface area (Å²) in [5.41, 5.74) is 3.84. The Kier molecular flexibility index (Phi) is 4.08. The lowest BCUT2D eigenvalue weighted by Gasteiger charge is -2.06. The van der Waals surface area contributed by atoms with Crippen molar-refractivity contribution >= 4 is 5.91 Å². The number of carbonyl (C=O) groups excluding carboxylic acids is 1. The lowest BCUT2D eigenvalue weighted by molar-refractivity contribution is 0.0950. The van der Waals surface area contributed by atoms with E-state index >= 15 is 0 Å². The summed E-state index contributed by atoms with van der Waals surface area (Å²) >= 11 is 0. The topological polar surface area (TPSA) is 63.4 Å². The lowest BCUT2D eigenvalue weighted by atomic mass is 10.1. The molecule has 2 heterocycles. The van der Waals surface area contributed by atoms with E-state index < -0.39 is 0 Å². The SMILES string of the molecule is Cc1[nH]c(-c2ccc(F)cc2)cc1C(=O)NCc1ccc2c(c1)OCO2. The zero-order valence-corrected chi connectivity index (χ0v) is 14.1. The van der Waals surface area contributed by atoms with Crippen LogP contribution in [0.25, 0.3) is 11.3 Å². The van der Waals surface area contributed by atoms with E-state index in [-0.39, 0.29) is 18.5 Å². The minimum atomic E-state index is -0.293. The van der Waals surface area contributed by atoms with Gasteiger partial charge in [0.25, 0.3) is 5.91 Å². The van der Waals surface area contributed by atoms with Gasteiger partial charge in [0.1, 0.15) is 5.82 Å². The Bertz CT molecular complexity index is 964. The molecule has 6 heteroatoms. The number of rotatable bonds is 4. The Labute approximate surface area is 149 Å². The molecule has 2 N–H and O–H groups in total. The van der Waals surface area contributed by atoms with E-state index in [1.165, 1.54) is 12.1 Å². The first-order chi connectivity index (χ1) is 12.6. The van der Waals surface area contributed by atoms with E-state index in [2.05, 4.69) is 10.3 Å². The number of hydrogen-bond donors (Lipinski definition) is 2. The summed E-state index contributed by atoms with van der Waals surface area (Å²) in [6.07, 6.45) is 0. The quantitative estimate of drug-likeness (QED) is 0.751. The molecule has 0 saturated heterocycles. The van der Waals surface area contributed by atoms with E-state index in [4.69, 9.17) is 9.47 Å². The van der Waals surface area contributed by atoms with Gasteiger partial charge < -0.3 is 19.8 Å². The number of aromatic nitrogens is 1. The van der Waals surface area contributed by atoms with Crippen LogP contribution in [0.4, 0.5) is 4.39 Å². The van der Waals surface area contributed by atoms with Gasteiger partial charge in [-0.2, -0.15) is 0 Å². The second-order valence-corrected chi connectivity index (χ2v) is 6.10. The Morgan fingerprint density at radius 3 is 2.69 bits per heavy atom. The maximum absolute atomic E-state index is 13.1. The number of aromatic amines is 1. The minimum absolute atomic E-state index is 0.176. The second kappa shape index (κ2) is 6.55. The van der Waals surface area contributed by atoms with Crippen LogP contribution >= 0.6 is 0 Å². The smallest absolute Gasteiger partial charge is 0.253 e. The molecule has 1 aliphatic heterocycles. The number of H-pyrrole nitrogens is 1. The van der Waals surface area contributed by atoms with Crippen LogP contribution in [-0.4, -0.2) is 17.7 Å². The van der Waals surface area contributed by atoms with Crippen molar-refractivity contribution in [3.8, 4) is 22.8 Å². The fraction of sp³-hybridized carbons (Fsp3) is 0.150. The average Bonchev–Trinajstić information content (AvgIpc) is 3.26. The summed E-state index contributed by atoms with van der Waals surface area (Å²) < 4.78 is 23.7. The van der Waals surface area contributed by atoms with Gasteiger partial charge in [-0.1, -0.05) is 6.07 Å². The Hall–Kier alpha value is -3.28. The van der Waals surface area contributed by atoms with Crippen molar-refractivity contribution in [3.63, 3.8) is 0 Å². The first kappa shape index (κ1) is 16.2. The molecule has 0 aliphatic carbocycles. The Balaban J connectivity index is 1.47. The van der Waals surface area contributed by atoms with Crippen molar-refractivity contribution in [1.29, 1.82) is 0 Å². The molecular weight excluding hydrogens is 335 g/mol. The van der Waals surface area contributed by atoms with Gasteiger partial charge in [-0.05, 0) is 60.5 Å². The number of halogens is 1. The molecule has 1 aliphatic rings. The summed E-state index contributed by atoms with van der Waals surface area (Å²) in [7, 11) is 0. The average molecular weight is 352 g/mol. The number of fused-ring (bicyclic) bond motifs is 1. The molecule has 26 heavy (non-hydrogen) atoms. The highest BCUT2D eigenvalue weighted by atomic mass is 19.1. The molecule has 0 saturated carbocycles. The lowest BCUT2D eigenvalue weighted by Crippen LogP contribution is -2.23. The third-order valence-corrected chi connectivity index (χ3v) is 4.30. The normalized spacial score (nSPS) is 12.2. The van der Waals surface area contributed by atoms with Crippen molar-refractivity contribution < 1.29 is 18.7 Å². The molecule has 2 aromatic carbocycles. The maximum Gasteiger partial charge on any atom is 0.253 e. The monoisotopic (exact) mass is 352 g/mol. The number of carbonyl (C=O) groups is 1. The number of benzene rings is 2. The molecular formula is C20H17FN2O3. The molecule has 0 atom stereocenters. The van der Waals surface area contributed by atoms with Gasteiger partial charge in [-0.25, -0.2) is 4.39 Å². The molecule has 0 radical (unpaired) electrons. The van der Waals surface area contributed by atoms with Gasteiger partial charge in [0, 0.05) is 17.9 Å². The molecule has 1 amide bonds. The summed E-state index contributed by atoms with van der Waals surface area (Å²) in [6, 6.07) is 13.5. The summed E-state index contributed by atoms with van der Waals surface area (Å²) in [6.45, 7) is 2.44. The van der Waals surface area contributed by atoms with Gasteiger partial charge in [-0.15, -0.1) is 0 Å². The number of ether oxygens (including phenoxy) is 2. The van der Waals surface area contributed by atoms with Gasteiger partial charge in [0.05, 0.1) is 5.56 Å². The highest BCUT2D eigenvalue weighted by Crippen LogP contribution is 2.32. The third-order valence-electron chi connectivity index (χ3n) is 4.30. The number of nitrogens with one attached hydrogen (secondary N) is 2. The Morgan fingerprint density at radius 1 is 1.12 bits per heavy atom. The van der Waals surface area contributed by atoms with Crippen LogP contribution in [0.3, 0.4) is 0 Å². The number of amides is 1. The molecule has 0 fully saturated rings. The third kappa shape index (κ3) is 3.13. The predicted octanol–water partition coefficient (Wildman–Crippen LogP) is 3.79. The highest BCUT2D eigenvalue weighted by molar-refractivity contribution is 5.96. The van der Waals surface area contributed by atoms with E-state index in [0.717, 1.165) is 22.5 Å². The van der Waals surface area contributed by atoms with Crippen LogP contribution in [0.5, 0.6) is 11.5 Å². The maximum atomic E-state index is 13.1. The molecule has 0 bridgehead atoms. The first-order valence-electron chi connectivity index (χ1n) is 8.22. The largest absolute Gasteiger partial charge is 0.454 e. The fourth-order valence-electron chi connectivity index (χ4n) is 2.91. The predicted molar refractivity (Wildman–Crippen MR) is 94.7 cm³/mol. The van der Waals surface area contributed by atoms with Crippen LogP contribution in [0.2, 0.25) is 0 Å². The fourth-order valence-corrected chi connectivity index (χ4v) is 2.91. The van der Waals surface area contributed by atoms with Crippen LogP contribution in [0.1, 0.15) is 21.6 Å². The van der Waals surface area contributed by atoms with Crippen LogP contribution in [0, 0.1) is 12.7 Å². The van der Waals surface area contributed by atoms with Gasteiger partial charge >= 0.3 is 0 Å². The van der Waals surface area contributed by atoms with Crippen molar-refractivity contribution in [2.24, 2.45) is 0 Å². The molecule has 5 nitrogen and oxygen atoms in total. The molecule has 4 rings (SSSR count). The van der Waals surface area contributed by atoms with Crippen LogP contribution in [0.15, 0.2) is 48.5 Å². The summed E-state index contributed by atoms with van der Waals surface area (Å²) in [5.74, 6) is 0.933. The van der Waals surface area contributed by atoms with E-state index in [9.17, 15) is 9.18 Å². The van der Waals surface area contributed by atoms with Crippen LogP contribution < -0.4 is 14.8 Å². The van der Waals surface area contributed by atoms with E-state index in [1.54, 1.807) is 18.2 Å². The first-order valence-corrected chi connectivity index (χ1v) is 8.22. The van der Waals surface area contributed by atoms with E-state index in [1.807, 2.05) is 25.1 Å². The summed E-state index contributed by atoms with van der Waals surface area (Å²) in [4.78, 5) is 15.7. The van der Waals surface area contributed by atoms with Crippen LogP contribution in [-0.2, 0) is 6.54 Å². The minimum Gasteiger partial charge on any atom is -0.454 e. The van der Waals surface area contributed by atoms with Crippen molar-refractivity contribution in [1.82, 2.24) is 10.3 Å². The van der Waals surface area contributed by atoms with Gasteiger partial charge in [0.2, 0.25) is 6.79 Å². The van der Waals surface area contributed by atoms with Crippen molar-refractivity contribution in [3.05, 3.63) is 71.2 Å². The molecule has 0 spiro atoms. The van der Waals surface area contributed by atoms with E-state index in [0.29, 0.717) is 23.6 Å². The number of aryl methyl sites for hydroxylation is 1. The van der Waals surface area contributed by atoms with Gasteiger partial charge in [-0.3, -0.25) is 4.79 Å². The molecule has 1 aromatic heterocycles. The van der Waals surface area contributed by atoms with Crippen molar-refractivity contribution in [2.45, 2.75) is 13.5 Å². The molecule has 132 valence electrons. The zero-order valence-electron chi connectivity index (χ0n) is 14.1. The Morgan fingerprint density at radius 2 is 1.88 bits per heavy atom. The molecule has 0 unspecified atom stereocenters. The standard InChI is InChI=1S/C20H17FN2O3/c1-12-16(9-17(23-12)14-3-5-15(21)6-4-14)20(24)22-10-13-2-7-18-19(8-13)26-11-25-18/h2-9,23H,10-11H2,1H3,(H,22,24).